The fraction of sp³-hybridized carbons (Fsp3) is 0.375. The highest BCUT2D eigenvalue weighted by molar-refractivity contribution is 7.98. The van der Waals surface area contributed by atoms with Crippen LogP contribution in [0.4, 0.5) is 5.82 Å². The molecule has 5 heteroatoms. The predicted molar refractivity (Wildman–Crippen MR) is 91.3 cm³/mol. The van der Waals surface area contributed by atoms with Crippen LogP contribution in [-0.2, 0) is 5.75 Å². The van der Waals surface area contributed by atoms with Gasteiger partial charge in [0.15, 0.2) is 0 Å². The average Bonchev–Trinajstić information content (AvgIpc) is 2.47. The molecule has 0 saturated carbocycles. The van der Waals surface area contributed by atoms with Crippen LogP contribution in [0.3, 0.4) is 0 Å². The van der Waals surface area contributed by atoms with E-state index in [1.807, 2.05) is 25.1 Å². The Morgan fingerprint density at radius 1 is 1.19 bits per heavy atom. The molecule has 0 saturated heterocycles. The van der Waals surface area contributed by atoms with Crippen molar-refractivity contribution in [2.75, 3.05) is 11.9 Å². The Labute approximate surface area is 135 Å². The number of benzene rings is 1. The van der Waals surface area contributed by atoms with E-state index in [9.17, 15) is 0 Å². The summed E-state index contributed by atoms with van der Waals surface area (Å²) in [6, 6.07) is 7.93. The zero-order chi connectivity index (χ0) is 15.2. The number of halogens is 1. The molecule has 2 aromatic rings. The highest BCUT2D eigenvalue weighted by Gasteiger charge is 2.10. The van der Waals surface area contributed by atoms with Gasteiger partial charge in [0.05, 0.1) is 0 Å². The molecule has 1 aromatic heterocycles. The van der Waals surface area contributed by atoms with Crippen LogP contribution < -0.4 is 5.32 Å². The Morgan fingerprint density at radius 3 is 2.67 bits per heavy atom. The molecule has 0 aliphatic rings. The van der Waals surface area contributed by atoms with E-state index in [1.165, 1.54) is 0 Å². The molecule has 112 valence electrons. The van der Waals surface area contributed by atoms with Gasteiger partial charge in [0.25, 0.3) is 0 Å². The molecule has 0 aliphatic carbocycles. The molecule has 2 rings (SSSR count). The minimum absolute atomic E-state index is 0.792. The van der Waals surface area contributed by atoms with Gasteiger partial charge in [-0.05, 0) is 31.9 Å². The van der Waals surface area contributed by atoms with Crippen LogP contribution in [0.5, 0.6) is 0 Å². The number of hydrogen-bond donors (Lipinski definition) is 1. The van der Waals surface area contributed by atoms with Gasteiger partial charge in [0.1, 0.15) is 16.7 Å². The van der Waals surface area contributed by atoms with Gasteiger partial charge in [-0.3, -0.25) is 0 Å². The molecule has 0 aliphatic heterocycles. The summed E-state index contributed by atoms with van der Waals surface area (Å²) in [4.78, 5) is 9.04. The number of anilines is 1. The molecule has 0 bridgehead atoms. The van der Waals surface area contributed by atoms with Crippen molar-refractivity contribution in [1.82, 2.24) is 9.97 Å². The molecule has 0 spiro atoms. The van der Waals surface area contributed by atoms with Crippen molar-refractivity contribution in [3.05, 3.63) is 46.2 Å². The SMILES string of the molecule is CCCNc1nc(C)nc(SCc2ccccc2Cl)c1C. The second kappa shape index (κ2) is 7.66. The topological polar surface area (TPSA) is 37.8 Å². The summed E-state index contributed by atoms with van der Waals surface area (Å²) in [5.41, 5.74) is 2.23. The van der Waals surface area contributed by atoms with Crippen molar-refractivity contribution in [3.8, 4) is 0 Å². The van der Waals surface area contributed by atoms with Crippen molar-refractivity contribution in [3.63, 3.8) is 0 Å². The van der Waals surface area contributed by atoms with E-state index >= 15 is 0 Å². The first-order valence-electron chi connectivity index (χ1n) is 7.07. The Balaban J connectivity index is 2.16. The molecule has 1 N–H and O–H groups in total. The van der Waals surface area contributed by atoms with Crippen molar-refractivity contribution in [2.24, 2.45) is 0 Å². The Hall–Kier alpha value is -1.26. The third-order valence-corrected chi connectivity index (χ3v) is 4.57. The van der Waals surface area contributed by atoms with Gasteiger partial charge in [-0.2, -0.15) is 0 Å². The number of nitrogens with zero attached hydrogens (tertiary/aromatic N) is 2. The molecule has 0 unspecified atom stereocenters. The van der Waals surface area contributed by atoms with Gasteiger partial charge >= 0.3 is 0 Å². The zero-order valence-electron chi connectivity index (χ0n) is 12.6. The van der Waals surface area contributed by atoms with E-state index in [0.29, 0.717) is 0 Å². The van der Waals surface area contributed by atoms with Crippen molar-refractivity contribution >= 4 is 29.2 Å². The lowest BCUT2D eigenvalue weighted by Crippen LogP contribution is -2.07. The molecule has 1 heterocycles. The summed E-state index contributed by atoms with van der Waals surface area (Å²) in [7, 11) is 0. The summed E-state index contributed by atoms with van der Waals surface area (Å²) in [5.74, 6) is 2.54. The molecular formula is C16H20ClN3S. The monoisotopic (exact) mass is 321 g/mol. The highest BCUT2D eigenvalue weighted by atomic mass is 35.5. The number of thioether (sulfide) groups is 1. The quantitative estimate of drug-likeness (QED) is 0.609. The van der Waals surface area contributed by atoms with E-state index in [2.05, 4.69) is 35.2 Å². The van der Waals surface area contributed by atoms with Gasteiger partial charge in [-0.15, -0.1) is 11.8 Å². The molecule has 1 aromatic carbocycles. The number of hydrogen-bond acceptors (Lipinski definition) is 4. The largest absolute Gasteiger partial charge is 0.370 e. The fourth-order valence-electron chi connectivity index (χ4n) is 1.92. The van der Waals surface area contributed by atoms with Gasteiger partial charge in [0, 0.05) is 22.9 Å². The molecule has 0 radical (unpaired) electrons. The Kier molecular flexibility index (Phi) is 5.88. The Bertz CT molecular complexity index is 616. The molecule has 21 heavy (non-hydrogen) atoms. The fourth-order valence-corrected chi connectivity index (χ4v) is 3.26. The summed E-state index contributed by atoms with van der Waals surface area (Å²) in [6.07, 6.45) is 1.07. The minimum Gasteiger partial charge on any atom is -0.370 e. The van der Waals surface area contributed by atoms with E-state index in [0.717, 1.165) is 51.5 Å². The lowest BCUT2D eigenvalue weighted by atomic mass is 10.2. The first-order chi connectivity index (χ1) is 10.1. The highest BCUT2D eigenvalue weighted by Crippen LogP contribution is 2.29. The average molecular weight is 322 g/mol. The molecule has 0 atom stereocenters. The normalized spacial score (nSPS) is 10.7. The van der Waals surface area contributed by atoms with E-state index in [4.69, 9.17) is 11.6 Å². The third kappa shape index (κ3) is 4.35. The van der Waals surface area contributed by atoms with Crippen LogP contribution in [-0.4, -0.2) is 16.5 Å². The van der Waals surface area contributed by atoms with Crippen LogP contribution in [0.25, 0.3) is 0 Å². The van der Waals surface area contributed by atoms with Crippen LogP contribution in [0.1, 0.15) is 30.3 Å². The summed E-state index contributed by atoms with van der Waals surface area (Å²) in [6.45, 7) is 7.05. The first kappa shape index (κ1) is 16.1. The van der Waals surface area contributed by atoms with Crippen LogP contribution in [0.2, 0.25) is 5.02 Å². The number of rotatable bonds is 6. The molecular weight excluding hydrogens is 302 g/mol. The smallest absolute Gasteiger partial charge is 0.133 e. The standard InChI is InChI=1S/C16H20ClN3S/c1-4-9-18-15-11(2)16(20-12(3)19-15)21-10-13-7-5-6-8-14(13)17/h5-8H,4,9-10H2,1-3H3,(H,18,19,20). The van der Waals surface area contributed by atoms with Crippen LogP contribution in [0, 0.1) is 13.8 Å². The number of aromatic nitrogens is 2. The number of aryl methyl sites for hydroxylation is 1. The molecule has 0 fully saturated rings. The van der Waals surface area contributed by atoms with Crippen LogP contribution >= 0.6 is 23.4 Å². The van der Waals surface area contributed by atoms with Crippen molar-refractivity contribution in [2.45, 2.75) is 38.0 Å². The predicted octanol–water partition coefficient (Wildman–Crippen LogP) is 4.86. The minimum atomic E-state index is 0.792. The maximum absolute atomic E-state index is 6.20. The second-order valence-electron chi connectivity index (χ2n) is 4.86. The summed E-state index contributed by atoms with van der Waals surface area (Å²) in [5, 5.41) is 5.18. The lowest BCUT2D eigenvalue weighted by Gasteiger charge is -2.12. The third-order valence-electron chi connectivity index (χ3n) is 3.08. The van der Waals surface area contributed by atoms with E-state index in [-0.39, 0.29) is 0 Å². The maximum Gasteiger partial charge on any atom is 0.133 e. The van der Waals surface area contributed by atoms with Gasteiger partial charge < -0.3 is 5.32 Å². The second-order valence-corrected chi connectivity index (χ2v) is 6.23. The van der Waals surface area contributed by atoms with Gasteiger partial charge in [0.2, 0.25) is 0 Å². The lowest BCUT2D eigenvalue weighted by molar-refractivity contribution is 0.908. The van der Waals surface area contributed by atoms with Gasteiger partial charge in [-0.25, -0.2) is 9.97 Å². The number of nitrogens with one attached hydrogen (secondary N) is 1. The van der Waals surface area contributed by atoms with Crippen molar-refractivity contribution < 1.29 is 0 Å². The summed E-state index contributed by atoms with van der Waals surface area (Å²) >= 11 is 7.90. The molecule has 3 nitrogen and oxygen atoms in total. The van der Waals surface area contributed by atoms with E-state index < -0.39 is 0 Å². The Morgan fingerprint density at radius 2 is 1.95 bits per heavy atom. The van der Waals surface area contributed by atoms with Crippen LogP contribution in [0.15, 0.2) is 29.3 Å². The summed E-state index contributed by atoms with van der Waals surface area (Å²) < 4.78 is 0. The van der Waals surface area contributed by atoms with E-state index in [1.54, 1.807) is 11.8 Å². The molecule has 0 amide bonds. The zero-order valence-corrected chi connectivity index (χ0v) is 14.2. The van der Waals surface area contributed by atoms with Crippen molar-refractivity contribution in [1.29, 1.82) is 0 Å². The van der Waals surface area contributed by atoms with Gasteiger partial charge in [-0.1, -0.05) is 36.7 Å². The first-order valence-corrected chi connectivity index (χ1v) is 8.43. The maximum atomic E-state index is 6.20.